The maximum absolute atomic E-state index is 10.1. The summed E-state index contributed by atoms with van der Waals surface area (Å²) in [5, 5.41) is 0. The van der Waals surface area contributed by atoms with Gasteiger partial charge in [-0.2, -0.15) is 0 Å². The van der Waals surface area contributed by atoms with Crippen LogP contribution in [-0.2, 0) is 9.59 Å². The van der Waals surface area contributed by atoms with E-state index in [2.05, 4.69) is 23.7 Å². The molecule has 0 fully saturated rings. The summed E-state index contributed by atoms with van der Waals surface area (Å²) in [6.07, 6.45) is 1.77. The summed E-state index contributed by atoms with van der Waals surface area (Å²) in [6.45, 7) is 0. The van der Waals surface area contributed by atoms with Crippen LogP contribution in [0.15, 0.2) is 0 Å². The zero-order valence-electron chi connectivity index (χ0n) is 7.09. The first-order chi connectivity index (χ1) is 6.13. The van der Waals surface area contributed by atoms with Crippen LogP contribution >= 0.6 is 0 Å². The van der Waals surface area contributed by atoms with Gasteiger partial charge in [0.25, 0.3) is 11.8 Å². The average molecular weight is 178 g/mol. The Morgan fingerprint density at radius 1 is 0.923 bits per heavy atom. The first kappa shape index (κ1) is 11.1. The Hall–Kier alpha value is -1.94. The lowest BCUT2D eigenvalue weighted by Crippen LogP contribution is -2.06. The van der Waals surface area contributed by atoms with Crippen LogP contribution in [0.3, 0.4) is 0 Å². The van der Waals surface area contributed by atoms with E-state index < -0.39 is 11.8 Å². The molecule has 68 valence electrons. The lowest BCUT2D eigenvalue weighted by Gasteiger charge is -1.83. The molecule has 4 heteroatoms. The van der Waals surface area contributed by atoms with Gasteiger partial charge in [0.1, 0.15) is 0 Å². The Morgan fingerprint density at radius 3 is 1.62 bits per heavy atom. The van der Waals surface area contributed by atoms with Crippen molar-refractivity contribution >= 4 is 11.8 Å². The molecule has 0 atom stereocenters. The fourth-order valence-electron chi connectivity index (χ4n) is 0.564. The standard InChI is InChI=1S/C9H10N2O2/c10-8(12)6-4-2-1-3-5-7-9(11)13/h1-3H2,(H2,10,12)(H2,11,13). The first-order valence-corrected chi connectivity index (χ1v) is 3.69. The van der Waals surface area contributed by atoms with Crippen LogP contribution in [0.5, 0.6) is 0 Å². The van der Waals surface area contributed by atoms with Crippen molar-refractivity contribution in [3.8, 4) is 23.7 Å². The summed E-state index contributed by atoms with van der Waals surface area (Å²) in [7, 11) is 0. The van der Waals surface area contributed by atoms with Crippen molar-refractivity contribution in [3.05, 3.63) is 0 Å². The Balaban J connectivity index is 3.51. The van der Waals surface area contributed by atoms with Gasteiger partial charge in [0, 0.05) is 12.8 Å². The van der Waals surface area contributed by atoms with Gasteiger partial charge >= 0.3 is 0 Å². The number of hydrogen-bond donors (Lipinski definition) is 2. The smallest absolute Gasteiger partial charge is 0.293 e. The zero-order valence-corrected chi connectivity index (χ0v) is 7.09. The molecule has 0 saturated carbocycles. The summed E-state index contributed by atoms with van der Waals surface area (Å²) < 4.78 is 0. The van der Waals surface area contributed by atoms with Crippen LogP contribution in [0.4, 0.5) is 0 Å². The molecule has 0 radical (unpaired) electrons. The van der Waals surface area contributed by atoms with Gasteiger partial charge in [0.2, 0.25) is 0 Å². The van der Waals surface area contributed by atoms with Crippen molar-refractivity contribution in [2.75, 3.05) is 0 Å². The van der Waals surface area contributed by atoms with Crippen molar-refractivity contribution in [2.24, 2.45) is 11.5 Å². The normalized spacial score (nSPS) is 7.38. The van der Waals surface area contributed by atoms with E-state index in [9.17, 15) is 9.59 Å². The highest BCUT2D eigenvalue weighted by Crippen LogP contribution is 1.90. The molecule has 4 nitrogen and oxygen atoms in total. The minimum Gasteiger partial charge on any atom is -0.359 e. The van der Waals surface area contributed by atoms with Crippen LogP contribution < -0.4 is 11.5 Å². The summed E-state index contributed by atoms with van der Waals surface area (Å²) in [6, 6.07) is 0. The molecule has 13 heavy (non-hydrogen) atoms. The van der Waals surface area contributed by atoms with E-state index in [0.29, 0.717) is 19.3 Å². The molecule has 0 unspecified atom stereocenters. The lowest BCUT2D eigenvalue weighted by atomic mass is 10.2. The third-order valence-electron chi connectivity index (χ3n) is 1.03. The molecule has 0 spiro atoms. The Kier molecular flexibility index (Phi) is 5.74. The van der Waals surface area contributed by atoms with Gasteiger partial charge in [0.05, 0.1) is 0 Å². The molecule has 0 bridgehead atoms. The first-order valence-electron chi connectivity index (χ1n) is 3.69. The third kappa shape index (κ3) is 10.1. The monoisotopic (exact) mass is 178 g/mol. The number of primary amides is 2. The van der Waals surface area contributed by atoms with Gasteiger partial charge in [0.15, 0.2) is 0 Å². The lowest BCUT2D eigenvalue weighted by molar-refractivity contribution is -0.113. The highest BCUT2D eigenvalue weighted by atomic mass is 16.1. The number of nitrogens with two attached hydrogens (primary N) is 2. The van der Waals surface area contributed by atoms with Crippen LogP contribution in [-0.4, -0.2) is 11.8 Å². The van der Waals surface area contributed by atoms with Crippen LogP contribution in [0.2, 0.25) is 0 Å². The molecule has 0 aromatic heterocycles. The Morgan fingerprint density at radius 2 is 1.31 bits per heavy atom. The zero-order chi connectivity index (χ0) is 10.1. The highest BCUT2D eigenvalue weighted by Gasteiger charge is 1.83. The van der Waals surface area contributed by atoms with Gasteiger partial charge < -0.3 is 11.5 Å². The highest BCUT2D eigenvalue weighted by molar-refractivity contribution is 5.92. The number of carbonyl (C=O) groups is 2. The van der Waals surface area contributed by atoms with E-state index in [0.717, 1.165) is 0 Å². The maximum Gasteiger partial charge on any atom is 0.293 e. The van der Waals surface area contributed by atoms with E-state index in [1.807, 2.05) is 0 Å². The SMILES string of the molecule is NC(=O)C#CCCCC#CC(N)=O. The molecule has 2 amide bonds. The van der Waals surface area contributed by atoms with Crippen LogP contribution in [0.25, 0.3) is 0 Å². The fourth-order valence-corrected chi connectivity index (χ4v) is 0.564. The van der Waals surface area contributed by atoms with E-state index in [-0.39, 0.29) is 0 Å². The van der Waals surface area contributed by atoms with Crippen LogP contribution in [0, 0.1) is 23.7 Å². The molecule has 0 aromatic carbocycles. The topological polar surface area (TPSA) is 86.2 Å². The van der Waals surface area contributed by atoms with E-state index >= 15 is 0 Å². The van der Waals surface area contributed by atoms with Gasteiger partial charge in [-0.25, -0.2) is 0 Å². The van der Waals surface area contributed by atoms with E-state index in [1.165, 1.54) is 0 Å². The van der Waals surface area contributed by atoms with Gasteiger partial charge in [-0.1, -0.05) is 11.8 Å². The van der Waals surface area contributed by atoms with E-state index in [1.54, 1.807) is 0 Å². The maximum atomic E-state index is 10.1. The van der Waals surface area contributed by atoms with Crippen molar-refractivity contribution in [2.45, 2.75) is 19.3 Å². The predicted octanol–water partition coefficient (Wildman–Crippen LogP) is -0.866. The molecule has 0 aliphatic rings. The van der Waals surface area contributed by atoms with Gasteiger partial charge in [-0.3, -0.25) is 9.59 Å². The predicted molar refractivity (Wildman–Crippen MR) is 47.8 cm³/mol. The Labute approximate surface area is 76.7 Å². The fraction of sp³-hybridized carbons (Fsp3) is 0.333. The second-order valence-electron chi connectivity index (χ2n) is 2.19. The van der Waals surface area contributed by atoms with Crippen molar-refractivity contribution < 1.29 is 9.59 Å². The molecule has 0 saturated heterocycles. The van der Waals surface area contributed by atoms with Crippen molar-refractivity contribution in [1.82, 2.24) is 0 Å². The molecule has 0 rings (SSSR count). The summed E-state index contributed by atoms with van der Waals surface area (Å²) in [5.41, 5.74) is 9.54. The average Bonchev–Trinajstić information content (AvgIpc) is 2.01. The molecule has 0 aromatic rings. The number of carbonyl (C=O) groups excluding carboxylic acids is 2. The number of rotatable bonds is 2. The largest absolute Gasteiger partial charge is 0.359 e. The van der Waals surface area contributed by atoms with Crippen molar-refractivity contribution in [1.29, 1.82) is 0 Å². The quantitative estimate of drug-likeness (QED) is 0.425. The second-order valence-corrected chi connectivity index (χ2v) is 2.19. The van der Waals surface area contributed by atoms with Gasteiger partial charge in [-0.05, 0) is 18.3 Å². The Bertz CT molecular complexity index is 280. The van der Waals surface area contributed by atoms with Gasteiger partial charge in [-0.15, -0.1) is 0 Å². The van der Waals surface area contributed by atoms with E-state index in [4.69, 9.17) is 11.5 Å². The molecule has 0 aliphatic heterocycles. The summed E-state index contributed by atoms with van der Waals surface area (Å²) in [4.78, 5) is 20.3. The number of hydrogen-bond acceptors (Lipinski definition) is 2. The summed E-state index contributed by atoms with van der Waals surface area (Å²) >= 11 is 0. The molecule has 4 N–H and O–H groups in total. The second kappa shape index (κ2) is 6.75. The number of amides is 2. The molecule has 0 heterocycles. The van der Waals surface area contributed by atoms with Crippen LogP contribution in [0.1, 0.15) is 19.3 Å². The molecular formula is C9H10N2O2. The molecular weight excluding hydrogens is 168 g/mol. The number of unbranched alkanes of at least 4 members (excludes halogenated alkanes) is 2. The third-order valence-corrected chi connectivity index (χ3v) is 1.03. The summed E-state index contributed by atoms with van der Waals surface area (Å²) in [5.74, 6) is 8.25. The minimum absolute atomic E-state index is 0.538. The van der Waals surface area contributed by atoms with Crippen molar-refractivity contribution in [3.63, 3.8) is 0 Å². The molecule has 0 aliphatic carbocycles. The minimum atomic E-state index is -0.636.